The predicted octanol–water partition coefficient (Wildman–Crippen LogP) is 2.85. The largest absolute Gasteiger partial charge is 0.497 e. The molecule has 1 amide bonds. The molecule has 158 valence electrons. The molecule has 6 nitrogen and oxygen atoms in total. The zero-order valence-electron chi connectivity index (χ0n) is 17.6. The molecule has 0 aromatic heterocycles. The maximum absolute atomic E-state index is 13.2. The van der Waals surface area contributed by atoms with Crippen molar-refractivity contribution in [3.05, 3.63) is 48.0 Å². The first-order valence-corrected chi connectivity index (χ1v) is 10.8. The summed E-state index contributed by atoms with van der Waals surface area (Å²) in [6, 6.07) is 15.0. The molecule has 3 aliphatic rings. The number of fused-ring (bicyclic) bond motifs is 3. The van der Waals surface area contributed by atoms with Gasteiger partial charge in [0.05, 0.1) is 26.2 Å². The Morgan fingerprint density at radius 2 is 1.73 bits per heavy atom. The smallest absolute Gasteiger partial charge is 0.225 e. The first-order valence-electron chi connectivity index (χ1n) is 10.8. The number of amides is 1. The van der Waals surface area contributed by atoms with Crippen LogP contribution in [0.2, 0.25) is 0 Å². The lowest BCUT2D eigenvalue weighted by Crippen LogP contribution is -2.61. The molecule has 1 aliphatic carbocycles. The van der Waals surface area contributed by atoms with E-state index in [2.05, 4.69) is 39.4 Å². The molecule has 0 radical (unpaired) electrons. The van der Waals surface area contributed by atoms with E-state index in [9.17, 15) is 4.79 Å². The Morgan fingerprint density at radius 1 is 1.00 bits per heavy atom. The van der Waals surface area contributed by atoms with E-state index < -0.39 is 0 Å². The number of nitrogens with zero attached hydrogens (tertiary/aromatic N) is 2. The topological polar surface area (TPSA) is 54.0 Å². The van der Waals surface area contributed by atoms with Gasteiger partial charge in [-0.15, -0.1) is 0 Å². The minimum atomic E-state index is -0.0486. The maximum Gasteiger partial charge on any atom is 0.225 e. The molecular weight excluding hydrogens is 378 g/mol. The van der Waals surface area contributed by atoms with E-state index in [1.54, 1.807) is 14.2 Å². The lowest BCUT2D eigenvalue weighted by atomic mass is 9.83. The summed E-state index contributed by atoms with van der Waals surface area (Å²) < 4.78 is 10.8. The number of piperazine rings is 1. The summed E-state index contributed by atoms with van der Waals surface area (Å²) in [5, 5.41) is 3.25. The third kappa shape index (κ3) is 3.55. The summed E-state index contributed by atoms with van der Waals surface area (Å²) in [6.45, 7) is 2.62. The van der Waals surface area contributed by atoms with E-state index in [1.165, 1.54) is 16.9 Å². The SMILES string of the molecule is COc1ccc(N2CCN3c4cc(OC)ccc4C[C@H](C(=O)NC4CC4)[C@H]3C2)cc1. The van der Waals surface area contributed by atoms with E-state index in [0.29, 0.717) is 6.04 Å². The van der Waals surface area contributed by atoms with Gasteiger partial charge in [-0.3, -0.25) is 4.79 Å². The van der Waals surface area contributed by atoms with Gasteiger partial charge in [0, 0.05) is 43.1 Å². The quantitative estimate of drug-likeness (QED) is 0.826. The zero-order valence-corrected chi connectivity index (χ0v) is 17.6. The molecule has 1 saturated carbocycles. The average Bonchev–Trinajstić information content (AvgIpc) is 3.61. The fourth-order valence-corrected chi connectivity index (χ4v) is 4.77. The number of nitrogens with one attached hydrogen (secondary N) is 1. The highest BCUT2D eigenvalue weighted by molar-refractivity contribution is 5.83. The molecule has 0 spiro atoms. The second-order valence-electron chi connectivity index (χ2n) is 8.49. The van der Waals surface area contributed by atoms with Crippen LogP contribution in [0.15, 0.2) is 42.5 Å². The summed E-state index contributed by atoms with van der Waals surface area (Å²) in [4.78, 5) is 18.0. The minimum Gasteiger partial charge on any atom is -0.497 e. The van der Waals surface area contributed by atoms with Crippen LogP contribution in [0, 0.1) is 5.92 Å². The van der Waals surface area contributed by atoms with Crippen LogP contribution in [0.25, 0.3) is 0 Å². The third-order valence-electron chi connectivity index (χ3n) is 6.62. The number of carbonyl (C=O) groups is 1. The number of rotatable bonds is 5. The van der Waals surface area contributed by atoms with Crippen LogP contribution >= 0.6 is 0 Å². The average molecular weight is 408 g/mol. The van der Waals surface area contributed by atoms with Gasteiger partial charge in [0.1, 0.15) is 11.5 Å². The van der Waals surface area contributed by atoms with Gasteiger partial charge < -0.3 is 24.6 Å². The van der Waals surface area contributed by atoms with Gasteiger partial charge in [-0.1, -0.05) is 6.07 Å². The van der Waals surface area contributed by atoms with Crippen molar-refractivity contribution in [1.29, 1.82) is 0 Å². The van der Waals surface area contributed by atoms with E-state index in [0.717, 1.165) is 50.4 Å². The molecule has 2 heterocycles. The van der Waals surface area contributed by atoms with E-state index in [1.807, 2.05) is 18.2 Å². The van der Waals surface area contributed by atoms with Gasteiger partial charge in [0.25, 0.3) is 0 Å². The number of hydrogen-bond donors (Lipinski definition) is 1. The molecule has 5 rings (SSSR count). The zero-order chi connectivity index (χ0) is 20.7. The molecule has 2 aromatic rings. The van der Waals surface area contributed by atoms with Crippen molar-refractivity contribution in [1.82, 2.24) is 5.32 Å². The number of benzene rings is 2. The summed E-state index contributed by atoms with van der Waals surface area (Å²) >= 11 is 0. The van der Waals surface area contributed by atoms with Gasteiger partial charge in [-0.05, 0) is 55.2 Å². The molecule has 6 heteroatoms. The number of hydrogen-bond acceptors (Lipinski definition) is 5. The van der Waals surface area contributed by atoms with Crippen LogP contribution in [0.3, 0.4) is 0 Å². The van der Waals surface area contributed by atoms with Crippen LogP contribution in [0.4, 0.5) is 11.4 Å². The Kier molecular flexibility index (Phi) is 4.93. The van der Waals surface area contributed by atoms with Crippen molar-refractivity contribution in [2.45, 2.75) is 31.3 Å². The Balaban J connectivity index is 1.44. The molecule has 0 unspecified atom stereocenters. The standard InChI is InChI=1S/C24H29N3O3/c1-29-19-9-6-18(7-10-19)26-11-12-27-22-14-20(30-2)8-3-16(22)13-21(23(27)15-26)24(28)25-17-4-5-17/h3,6-10,14,17,21,23H,4-5,11-13,15H2,1-2H3,(H,25,28)/t21-,23+/m0/s1. The van der Waals surface area contributed by atoms with E-state index in [-0.39, 0.29) is 17.9 Å². The van der Waals surface area contributed by atoms with Crippen molar-refractivity contribution in [2.24, 2.45) is 5.92 Å². The summed E-state index contributed by atoms with van der Waals surface area (Å²) in [7, 11) is 3.39. The Bertz CT molecular complexity index is 926. The minimum absolute atomic E-state index is 0.0486. The van der Waals surface area contributed by atoms with Crippen LogP contribution in [0.1, 0.15) is 18.4 Å². The van der Waals surface area contributed by atoms with Crippen molar-refractivity contribution in [3.8, 4) is 11.5 Å². The lowest BCUT2D eigenvalue weighted by molar-refractivity contribution is -0.126. The Hall–Kier alpha value is -2.89. The van der Waals surface area contributed by atoms with Crippen molar-refractivity contribution >= 4 is 17.3 Å². The van der Waals surface area contributed by atoms with Crippen LogP contribution < -0.4 is 24.6 Å². The van der Waals surface area contributed by atoms with Gasteiger partial charge >= 0.3 is 0 Å². The summed E-state index contributed by atoms with van der Waals surface area (Å²) in [6.07, 6.45) is 2.99. The highest BCUT2D eigenvalue weighted by Gasteiger charge is 2.42. The molecule has 30 heavy (non-hydrogen) atoms. The molecule has 2 aliphatic heterocycles. The normalized spacial score (nSPS) is 22.7. The fraction of sp³-hybridized carbons (Fsp3) is 0.458. The molecule has 2 aromatic carbocycles. The number of methoxy groups -OCH3 is 2. The molecule has 1 N–H and O–H groups in total. The van der Waals surface area contributed by atoms with Crippen molar-refractivity contribution in [2.75, 3.05) is 43.7 Å². The fourth-order valence-electron chi connectivity index (χ4n) is 4.77. The van der Waals surface area contributed by atoms with Gasteiger partial charge in [0.15, 0.2) is 0 Å². The Morgan fingerprint density at radius 3 is 2.43 bits per heavy atom. The van der Waals surface area contributed by atoms with E-state index >= 15 is 0 Å². The Labute approximate surface area is 177 Å². The van der Waals surface area contributed by atoms with Crippen LogP contribution in [0.5, 0.6) is 11.5 Å². The highest BCUT2D eigenvalue weighted by atomic mass is 16.5. The number of anilines is 2. The molecule has 2 atom stereocenters. The molecule has 2 fully saturated rings. The monoisotopic (exact) mass is 407 g/mol. The maximum atomic E-state index is 13.2. The predicted molar refractivity (Wildman–Crippen MR) is 118 cm³/mol. The highest BCUT2D eigenvalue weighted by Crippen LogP contribution is 2.39. The second-order valence-corrected chi connectivity index (χ2v) is 8.49. The first-order chi connectivity index (χ1) is 14.7. The van der Waals surface area contributed by atoms with Gasteiger partial charge in [-0.2, -0.15) is 0 Å². The van der Waals surface area contributed by atoms with Gasteiger partial charge in [0.2, 0.25) is 5.91 Å². The van der Waals surface area contributed by atoms with Crippen LogP contribution in [-0.2, 0) is 11.2 Å². The molecule has 0 bridgehead atoms. The van der Waals surface area contributed by atoms with Crippen molar-refractivity contribution in [3.63, 3.8) is 0 Å². The van der Waals surface area contributed by atoms with Crippen molar-refractivity contribution < 1.29 is 14.3 Å². The number of ether oxygens (including phenoxy) is 2. The second kappa shape index (κ2) is 7.74. The van der Waals surface area contributed by atoms with Gasteiger partial charge in [-0.25, -0.2) is 0 Å². The summed E-state index contributed by atoms with van der Waals surface area (Å²) in [5.41, 5.74) is 3.62. The van der Waals surface area contributed by atoms with Crippen LogP contribution in [-0.4, -0.2) is 51.8 Å². The lowest BCUT2D eigenvalue weighted by Gasteiger charge is -2.49. The number of carbonyl (C=O) groups excluding carboxylic acids is 1. The summed E-state index contributed by atoms with van der Waals surface area (Å²) in [5.74, 6) is 1.88. The first kappa shape index (κ1) is 19.1. The van der Waals surface area contributed by atoms with E-state index in [4.69, 9.17) is 9.47 Å². The third-order valence-corrected chi connectivity index (χ3v) is 6.62. The molecular formula is C24H29N3O3. The molecule has 1 saturated heterocycles.